The first-order valence-electron chi connectivity index (χ1n) is 5.19. The van der Waals surface area contributed by atoms with Gasteiger partial charge in [0.15, 0.2) is 0 Å². The molecule has 0 aromatic rings. The second kappa shape index (κ2) is 4.01. The van der Waals surface area contributed by atoms with Crippen LogP contribution in [0.5, 0.6) is 0 Å². The van der Waals surface area contributed by atoms with Crippen LogP contribution < -0.4 is 5.73 Å². The van der Waals surface area contributed by atoms with E-state index in [4.69, 9.17) is 5.73 Å². The average Bonchev–Trinajstić information content (AvgIpc) is 2.47. The average molecular weight is 185 g/mol. The van der Waals surface area contributed by atoms with E-state index >= 15 is 0 Å². The molecular formula is C10H19NS. The third kappa shape index (κ3) is 1.64. The van der Waals surface area contributed by atoms with E-state index in [-0.39, 0.29) is 0 Å². The molecule has 1 nitrogen and oxygen atoms in total. The van der Waals surface area contributed by atoms with Gasteiger partial charge in [-0.15, -0.1) is 0 Å². The van der Waals surface area contributed by atoms with Crippen molar-refractivity contribution in [1.29, 1.82) is 0 Å². The second-order valence-corrected chi connectivity index (χ2v) is 5.32. The third-order valence-electron chi connectivity index (χ3n) is 3.55. The Morgan fingerprint density at radius 1 is 1.17 bits per heavy atom. The van der Waals surface area contributed by atoms with Crippen molar-refractivity contribution >= 4 is 11.8 Å². The Morgan fingerprint density at radius 3 is 2.25 bits per heavy atom. The first-order chi connectivity index (χ1) is 5.92. The van der Waals surface area contributed by atoms with Gasteiger partial charge in [0, 0.05) is 0 Å². The molecule has 0 spiro atoms. The van der Waals surface area contributed by atoms with Gasteiger partial charge in [0.1, 0.15) is 0 Å². The van der Waals surface area contributed by atoms with Crippen LogP contribution in [-0.4, -0.2) is 18.1 Å². The van der Waals surface area contributed by atoms with Gasteiger partial charge in [-0.2, -0.15) is 11.8 Å². The Hall–Kier alpha value is 0.310. The van der Waals surface area contributed by atoms with Crippen molar-refractivity contribution in [3.05, 3.63) is 0 Å². The lowest BCUT2D eigenvalue weighted by molar-refractivity contribution is 0.263. The number of nitrogens with two attached hydrogens (primary N) is 1. The number of hydrogen-bond acceptors (Lipinski definition) is 2. The predicted octanol–water partition coefficient (Wildman–Crippen LogP) is 2.11. The SMILES string of the molecule is NCC(C1CCCC1)C1CSC1. The minimum Gasteiger partial charge on any atom is -0.330 e. The zero-order chi connectivity index (χ0) is 8.39. The lowest BCUT2D eigenvalue weighted by Crippen LogP contribution is -2.36. The van der Waals surface area contributed by atoms with Crippen molar-refractivity contribution < 1.29 is 0 Å². The molecule has 0 bridgehead atoms. The summed E-state index contributed by atoms with van der Waals surface area (Å²) in [4.78, 5) is 0. The molecule has 0 amide bonds. The molecule has 0 radical (unpaired) electrons. The molecule has 1 unspecified atom stereocenters. The van der Waals surface area contributed by atoms with Gasteiger partial charge in [0.2, 0.25) is 0 Å². The van der Waals surface area contributed by atoms with Crippen LogP contribution >= 0.6 is 11.8 Å². The molecule has 1 atom stereocenters. The maximum absolute atomic E-state index is 5.85. The summed E-state index contributed by atoms with van der Waals surface area (Å²) in [5.41, 5.74) is 5.85. The molecule has 70 valence electrons. The van der Waals surface area contributed by atoms with Crippen molar-refractivity contribution in [3.63, 3.8) is 0 Å². The Labute approximate surface area is 79.5 Å². The molecule has 2 fully saturated rings. The molecule has 1 saturated carbocycles. The highest BCUT2D eigenvalue weighted by molar-refractivity contribution is 8.00. The van der Waals surface area contributed by atoms with Crippen LogP contribution in [-0.2, 0) is 0 Å². The van der Waals surface area contributed by atoms with Crippen LogP contribution in [0.25, 0.3) is 0 Å². The smallest absolute Gasteiger partial charge is 0.00279 e. The fourth-order valence-corrected chi connectivity index (χ4v) is 3.66. The number of hydrogen-bond donors (Lipinski definition) is 1. The molecule has 2 heteroatoms. The van der Waals surface area contributed by atoms with Crippen molar-refractivity contribution in [2.75, 3.05) is 18.1 Å². The summed E-state index contributed by atoms with van der Waals surface area (Å²) in [6.45, 7) is 0.940. The number of thioether (sulfide) groups is 1. The minimum absolute atomic E-state index is 0.869. The zero-order valence-corrected chi connectivity index (χ0v) is 8.48. The van der Waals surface area contributed by atoms with Gasteiger partial charge < -0.3 is 5.73 Å². The monoisotopic (exact) mass is 185 g/mol. The lowest BCUT2D eigenvalue weighted by Gasteiger charge is -2.36. The Morgan fingerprint density at radius 2 is 1.83 bits per heavy atom. The topological polar surface area (TPSA) is 26.0 Å². The van der Waals surface area contributed by atoms with Crippen LogP contribution in [0.1, 0.15) is 25.7 Å². The van der Waals surface area contributed by atoms with Crippen LogP contribution in [0.2, 0.25) is 0 Å². The lowest BCUT2D eigenvalue weighted by atomic mass is 9.82. The van der Waals surface area contributed by atoms with E-state index in [1.807, 2.05) is 0 Å². The van der Waals surface area contributed by atoms with E-state index in [0.717, 1.165) is 24.3 Å². The van der Waals surface area contributed by atoms with Gasteiger partial charge in [-0.25, -0.2) is 0 Å². The normalized spacial score (nSPS) is 28.8. The highest BCUT2D eigenvalue weighted by atomic mass is 32.2. The zero-order valence-electron chi connectivity index (χ0n) is 7.67. The van der Waals surface area contributed by atoms with Crippen LogP contribution in [0, 0.1) is 17.8 Å². The van der Waals surface area contributed by atoms with Crippen LogP contribution in [0.4, 0.5) is 0 Å². The summed E-state index contributed by atoms with van der Waals surface area (Å²) in [6, 6.07) is 0. The maximum atomic E-state index is 5.85. The van der Waals surface area contributed by atoms with Crippen molar-refractivity contribution in [2.24, 2.45) is 23.5 Å². The van der Waals surface area contributed by atoms with Gasteiger partial charge in [-0.3, -0.25) is 0 Å². The Kier molecular flexibility index (Phi) is 2.97. The second-order valence-electron chi connectivity index (χ2n) is 4.24. The minimum atomic E-state index is 0.869. The highest BCUT2D eigenvalue weighted by Crippen LogP contribution is 2.40. The Bertz CT molecular complexity index is 139. The molecule has 1 aliphatic carbocycles. The molecular weight excluding hydrogens is 166 g/mol. The summed E-state index contributed by atoms with van der Waals surface area (Å²) >= 11 is 2.09. The van der Waals surface area contributed by atoms with E-state index < -0.39 is 0 Å². The molecule has 1 aliphatic heterocycles. The summed E-state index contributed by atoms with van der Waals surface area (Å²) in [7, 11) is 0. The largest absolute Gasteiger partial charge is 0.330 e. The van der Waals surface area contributed by atoms with E-state index in [1.165, 1.54) is 37.2 Å². The predicted molar refractivity (Wildman–Crippen MR) is 55.3 cm³/mol. The van der Waals surface area contributed by atoms with Crippen molar-refractivity contribution in [3.8, 4) is 0 Å². The molecule has 1 saturated heterocycles. The van der Waals surface area contributed by atoms with E-state index in [9.17, 15) is 0 Å². The molecule has 1 heterocycles. The van der Waals surface area contributed by atoms with Gasteiger partial charge in [-0.05, 0) is 35.8 Å². The summed E-state index contributed by atoms with van der Waals surface area (Å²) in [5, 5.41) is 0. The standard InChI is InChI=1S/C10H19NS/c11-5-10(9-6-12-7-9)8-3-1-2-4-8/h8-10H,1-7,11H2. The Balaban J connectivity index is 1.87. The summed E-state index contributed by atoms with van der Waals surface area (Å²) in [6.07, 6.45) is 5.84. The van der Waals surface area contributed by atoms with E-state index in [1.54, 1.807) is 0 Å². The molecule has 12 heavy (non-hydrogen) atoms. The van der Waals surface area contributed by atoms with Gasteiger partial charge >= 0.3 is 0 Å². The quantitative estimate of drug-likeness (QED) is 0.729. The first kappa shape index (κ1) is 8.89. The van der Waals surface area contributed by atoms with Crippen LogP contribution in [0.15, 0.2) is 0 Å². The maximum Gasteiger partial charge on any atom is -0.00279 e. The van der Waals surface area contributed by atoms with Gasteiger partial charge in [0.25, 0.3) is 0 Å². The molecule has 0 aromatic carbocycles. The van der Waals surface area contributed by atoms with E-state index in [0.29, 0.717) is 0 Å². The summed E-state index contributed by atoms with van der Waals surface area (Å²) in [5.74, 6) is 5.61. The van der Waals surface area contributed by atoms with E-state index in [2.05, 4.69) is 11.8 Å². The molecule has 2 rings (SSSR count). The molecule has 2 N–H and O–H groups in total. The highest BCUT2D eigenvalue weighted by Gasteiger charge is 2.33. The molecule has 0 aromatic heterocycles. The van der Waals surface area contributed by atoms with Gasteiger partial charge in [0.05, 0.1) is 0 Å². The fraction of sp³-hybridized carbons (Fsp3) is 1.00. The van der Waals surface area contributed by atoms with Crippen LogP contribution in [0.3, 0.4) is 0 Å². The first-order valence-corrected chi connectivity index (χ1v) is 6.35. The third-order valence-corrected chi connectivity index (χ3v) is 4.87. The van der Waals surface area contributed by atoms with Crippen molar-refractivity contribution in [1.82, 2.24) is 0 Å². The van der Waals surface area contributed by atoms with Gasteiger partial charge in [-0.1, -0.05) is 25.7 Å². The fourth-order valence-electron chi connectivity index (χ4n) is 2.66. The summed E-state index contributed by atoms with van der Waals surface area (Å²) < 4.78 is 0. The number of rotatable bonds is 3. The molecule has 2 aliphatic rings. The van der Waals surface area contributed by atoms with Crippen molar-refractivity contribution in [2.45, 2.75) is 25.7 Å².